The van der Waals surface area contributed by atoms with Gasteiger partial charge in [0, 0.05) is 62.4 Å². The summed E-state index contributed by atoms with van der Waals surface area (Å²) < 4.78 is 5.50. The molecule has 0 aliphatic carbocycles. The molecule has 0 amide bonds. The number of aromatic hydroxyl groups is 1. The minimum absolute atomic E-state index is 0.0720. The summed E-state index contributed by atoms with van der Waals surface area (Å²) in [4.78, 5) is 22.6. The summed E-state index contributed by atoms with van der Waals surface area (Å²) in [6.45, 7) is 5.59. The number of rotatable bonds is 4. The van der Waals surface area contributed by atoms with Crippen LogP contribution in [0.4, 0.5) is 5.82 Å². The SMILES string of the molecule is Oc1cnccc1-c1nc(-c2cccnc2)cc(N2CCC(N3CCOCC3)CC2)n1. The number of aromatic nitrogens is 4. The Morgan fingerprint density at radius 1 is 0.935 bits per heavy atom. The molecule has 2 aliphatic rings. The quantitative estimate of drug-likeness (QED) is 0.692. The fraction of sp³-hybridized carbons (Fsp3) is 0.391. The van der Waals surface area contributed by atoms with Crippen molar-refractivity contribution in [3.8, 4) is 28.4 Å². The molecule has 0 spiro atoms. The molecular weight excluding hydrogens is 392 g/mol. The summed E-state index contributed by atoms with van der Waals surface area (Å²) in [7, 11) is 0. The Labute approximate surface area is 181 Å². The molecule has 5 heterocycles. The van der Waals surface area contributed by atoms with E-state index < -0.39 is 0 Å². The number of pyridine rings is 2. The van der Waals surface area contributed by atoms with Gasteiger partial charge < -0.3 is 14.7 Å². The second kappa shape index (κ2) is 8.95. The van der Waals surface area contributed by atoms with Crippen LogP contribution in [0.1, 0.15) is 12.8 Å². The first kappa shape index (κ1) is 19.8. The third kappa shape index (κ3) is 4.35. The van der Waals surface area contributed by atoms with Gasteiger partial charge in [-0.2, -0.15) is 0 Å². The van der Waals surface area contributed by atoms with Crippen molar-refractivity contribution in [2.75, 3.05) is 44.3 Å². The smallest absolute Gasteiger partial charge is 0.165 e. The molecular formula is C23H26N6O2. The Morgan fingerprint density at radius 3 is 2.48 bits per heavy atom. The predicted molar refractivity (Wildman–Crippen MR) is 118 cm³/mol. The highest BCUT2D eigenvalue weighted by molar-refractivity contribution is 5.70. The van der Waals surface area contributed by atoms with Crippen LogP contribution in [-0.2, 0) is 4.74 Å². The van der Waals surface area contributed by atoms with Crippen LogP contribution in [0, 0.1) is 0 Å². The maximum absolute atomic E-state index is 10.3. The molecule has 0 radical (unpaired) electrons. The van der Waals surface area contributed by atoms with Gasteiger partial charge in [-0.25, -0.2) is 9.97 Å². The molecule has 2 saturated heterocycles. The van der Waals surface area contributed by atoms with E-state index >= 15 is 0 Å². The highest BCUT2D eigenvalue weighted by Gasteiger charge is 2.27. The van der Waals surface area contributed by atoms with E-state index in [4.69, 9.17) is 14.7 Å². The molecule has 3 aromatic rings. The number of hydrogen-bond donors (Lipinski definition) is 1. The Bertz CT molecular complexity index is 1020. The third-order valence-corrected chi connectivity index (χ3v) is 6.06. The van der Waals surface area contributed by atoms with Crippen molar-refractivity contribution < 1.29 is 9.84 Å². The van der Waals surface area contributed by atoms with E-state index in [0.29, 0.717) is 17.4 Å². The molecule has 3 aromatic heterocycles. The first-order chi connectivity index (χ1) is 15.3. The fourth-order valence-corrected chi connectivity index (χ4v) is 4.36. The summed E-state index contributed by atoms with van der Waals surface area (Å²) in [5, 5.41) is 10.3. The molecule has 0 unspecified atom stereocenters. The molecule has 0 atom stereocenters. The van der Waals surface area contributed by atoms with Crippen molar-refractivity contribution >= 4 is 5.82 Å². The van der Waals surface area contributed by atoms with E-state index in [1.807, 2.05) is 18.2 Å². The van der Waals surface area contributed by atoms with Crippen LogP contribution < -0.4 is 4.90 Å². The second-order valence-corrected chi connectivity index (χ2v) is 7.94. The van der Waals surface area contributed by atoms with Crippen molar-refractivity contribution in [2.24, 2.45) is 0 Å². The lowest BCUT2D eigenvalue weighted by atomic mass is 10.0. The molecule has 0 bridgehead atoms. The van der Waals surface area contributed by atoms with Crippen molar-refractivity contribution in [3.63, 3.8) is 0 Å². The van der Waals surface area contributed by atoms with E-state index in [0.717, 1.165) is 69.3 Å². The van der Waals surface area contributed by atoms with Gasteiger partial charge >= 0.3 is 0 Å². The van der Waals surface area contributed by atoms with Gasteiger partial charge in [-0.1, -0.05) is 0 Å². The standard InChI is InChI=1S/C23H26N6O2/c30-21-16-25-7-3-19(21)23-26-20(17-2-1-6-24-15-17)14-22(27-23)29-8-4-18(5-9-29)28-10-12-31-13-11-28/h1-3,6-7,14-16,18,30H,4-5,8-13H2. The van der Waals surface area contributed by atoms with Crippen molar-refractivity contribution in [3.05, 3.63) is 49.1 Å². The summed E-state index contributed by atoms with van der Waals surface area (Å²) in [5.41, 5.74) is 2.29. The zero-order valence-electron chi connectivity index (χ0n) is 17.4. The van der Waals surface area contributed by atoms with Crippen LogP contribution in [0.5, 0.6) is 5.75 Å². The zero-order chi connectivity index (χ0) is 21.0. The molecule has 8 heteroatoms. The average molecular weight is 419 g/mol. The van der Waals surface area contributed by atoms with Gasteiger partial charge in [0.15, 0.2) is 5.82 Å². The number of nitrogens with zero attached hydrogens (tertiary/aromatic N) is 6. The second-order valence-electron chi connectivity index (χ2n) is 7.94. The topological polar surface area (TPSA) is 87.5 Å². The Balaban J connectivity index is 1.44. The number of anilines is 1. The van der Waals surface area contributed by atoms with Gasteiger partial charge in [0.05, 0.1) is 30.7 Å². The van der Waals surface area contributed by atoms with Crippen molar-refractivity contribution in [1.29, 1.82) is 0 Å². The minimum Gasteiger partial charge on any atom is -0.506 e. The lowest BCUT2D eigenvalue weighted by Gasteiger charge is -2.40. The van der Waals surface area contributed by atoms with Crippen LogP contribution in [0.15, 0.2) is 49.1 Å². The molecule has 2 fully saturated rings. The first-order valence-electron chi connectivity index (χ1n) is 10.8. The van der Waals surface area contributed by atoms with Crippen LogP contribution >= 0.6 is 0 Å². The van der Waals surface area contributed by atoms with Gasteiger partial charge in [0.1, 0.15) is 11.6 Å². The Morgan fingerprint density at radius 2 is 1.74 bits per heavy atom. The summed E-state index contributed by atoms with van der Waals surface area (Å²) in [6.07, 6.45) is 8.81. The van der Waals surface area contributed by atoms with Crippen LogP contribution in [-0.4, -0.2) is 75.4 Å². The molecule has 31 heavy (non-hydrogen) atoms. The molecule has 1 N–H and O–H groups in total. The Hall–Kier alpha value is -3.10. The van der Waals surface area contributed by atoms with E-state index in [1.165, 1.54) is 6.20 Å². The highest BCUT2D eigenvalue weighted by Crippen LogP contribution is 2.31. The van der Waals surface area contributed by atoms with E-state index in [1.54, 1.807) is 24.7 Å². The van der Waals surface area contributed by atoms with E-state index in [2.05, 4.69) is 19.8 Å². The minimum atomic E-state index is 0.0720. The monoisotopic (exact) mass is 418 g/mol. The molecule has 0 saturated carbocycles. The molecule has 160 valence electrons. The lowest BCUT2D eigenvalue weighted by molar-refractivity contribution is 0.0115. The summed E-state index contributed by atoms with van der Waals surface area (Å²) >= 11 is 0. The normalized spacial score (nSPS) is 18.3. The summed E-state index contributed by atoms with van der Waals surface area (Å²) in [5.74, 6) is 1.44. The fourth-order valence-electron chi connectivity index (χ4n) is 4.36. The predicted octanol–water partition coefficient (Wildman–Crippen LogP) is 2.61. The van der Waals surface area contributed by atoms with Gasteiger partial charge in [0.2, 0.25) is 0 Å². The number of piperidine rings is 1. The Kier molecular flexibility index (Phi) is 5.73. The maximum atomic E-state index is 10.3. The lowest BCUT2D eigenvalue weighted by Crippen LogP contribution is -2.49. The highest BCUT2D eigenvalue weighted by atomic mass is 16.5. The number of morpholine rings is 1. The van der Waals surface area contributed by atoms with Gasteiger partial charge in [-0.3, -0.25) is 14.9 Å². The van der Waals surface area contributed by atoms with Crippen LogP contribution in [0.3, 0.4) is 0 Å². The average Bonchev–Trinajstić information content (AvgIpc) is 2.85. The van der Waals surface area contributed by atoms with Gasteiger partial charge in [0.25, 0.3) is 0 Å². The molecule has 0 aromatic carbocycles. The first-order valence-corrected chi connectivity index (χ1v) is 10.8. The van der Waals surface area contributed by atoms with Crippen LogP contribution in [0.2, 0.25) is 0 Å². The molecule has 5 rings (SSSR count). The maximum Gasteiger partial charge on any atom is 0.165 e. The van der Waals surface area contributed by atoms with E-state index in [9.17, 15) is 5.11 Å². The number of hydrogen-bond acceptors (Lipinski definition) is 8. The largest absolute Gasteiger partial charge is 0.506 e. The van der Waals surface area contributed by atoms with Gasteiger partial charge in [-0.15, -0.1) is 0 Å². The van der Waals surface area contributed by atoms with Crippen molar-refractivity contribution in [1.82, 2.24) is 24.8 Å². The molecule has 8 nitrogen and oxygen atoms in total. The van der Waals surface area contributed by atoms with E-state index in [-0.39, 0.29) is 5.75 Å². The zero-order valence-corrected chi connectivity index (χ0v) is 17.4. The molecule has 2 aliphatic heterocycles. The number of ether oxygens (including phenoxy) is 1. The van der Waals surface area contributed by atoms with Crippen LogP contribution in [0.25, 0.3) is 22.6 Å². The van der Waals surface area contributed by atoms with Gasteiger partial charge in [-0.05, 0) is 31.0 Å². The summed E-state index contributed by atoms with van der Waals surface area (Å²) in [6, 6.07) is 8.25. The van der Waals surface area contributed by atoms with Crippen molar-refractivity contribution in [2.45, 2.75) is 18.9 Å². The third-order valence-electron chi connectivity index (χ3n) is 6.06.